The molecule has 37 heavy (non-hydrogen) atoms. The highest BCUT2D eigenvalue weighted by molar-refractivity contribution is 7.22. The van der Waals surface area contributed by atoms with Crippen molar-refractivity contribution in [3.8, 4) is 0 Å². The Balaban J connectivity index is 1.55. The zero-order chi connectivity index (χ0) is 25.8. The number of nitrogens with zero attached hydrogens (tertiary/aromatic N) is 2. The monoisotopic (exact) mass is 508 g/mol. The van der Waals surface area contributed by atoms with Gasteiger partial charge in [0.25, 0.3) is 5.78 Å². The van der Waals surface area contributed by atoms with Crippen molar-refractivity contribution in [3.63, 3.8) is 0 Å². The lowest BCUT2D eigenvalue weighted by Crippen LogP contribution is -2.29. The molecule has 1 fully saturated rings. The van der Waals surface area contributed by atoms with E-state index in [-0.39, 0.29) is 11.3 Å². The third-order valence-corrected chi connectivity index (χ3v) is 8.64. The van der Waals surface area contributed by atoms with Crippen LogP contribution in [0.3, 0.4) is 0 Å². The van der Waals surface area contributed by atoms with Crippen molar-refractivity contribution in [2.45, 2.75) is 52.5 Å². The number of benzene rings is 3. The Morgan fingerprint density at radius 1 is 0.946 bits per heavy atom. The Kier molecular flexibility index (Phi) is 5.72. The Labute approximate surface area is 220 Å². The van der Waals surface area contributed by atoms with Crippen molar-refractivity contribution in [1.29, 1.82) is 0 Å². The number of aliphatic hydroxyl groups is 1. The maximum Gasteiger partial charge on any atom is 0.301 e. The van der Waals surface area contributed by atoms with Gasteiger partial charge in [0.1, 0.15) is 5.76 Å². The Hall–Kier alpha value is -3.77. The van der Waals surface area contributed by atoms with E-state index >= 15 is 0 Å². The summed E-state index contributed by atoms with van der Waals surface area (Å²) in [6.07, 6.45) is 4.26. The zero-order valence-corrected chi connectivity index (χ0v) is 22.0. The van der Waals surface area contributed by atoms with Crippen LogP contribution in [-0.2, 0) is 22.4 Å². The number of thiazole rings is 1. The number of amides is 1. The summed E-state index contributed by atoms with van der Waals surface area (Å²) in [4.78, 5) is 33.4. The Morgan fingerprint density at radius 2 is 1.70 bits per heavy atom. The highest BCUT2D eigenvalue weighted by Crippen LogP contribution is 2.45. The molecule has 1 unspecified atom stereocenters. The number of hydrogen-bond donors (Lipinski definition) is 1. The number of aryl methyl sites for hydroxylation is 5. The van der Waals surface area contributed by atoms with E-state index in [4.69, 9.17) is 4.98 Å². The van der Waals surface area contributed by atoms with Gasteiger partial charge in [-0.25, -0.2) is 4.98 Å². The van der Waals surface area contributed by atoms with E-state index in [1.54, 1.807) is 0 Å². The molecule has 6 rings (SSSR count). The van der Waals surface area contributed by atoms with Gasteiger partial charge in [0, 0.05) is 5.56 Å². The van der Waals surface area contributed by atoms with Crippen LogP contribution < -0.4 is 4.90 Å². The molecule has 3 aromatic carbocycles. The number of hydrogen-bond acceptors (Lipinski definition) is 5. The van der Waals surface area contributed by atoms with Crippen LogP contribution in [0.4, 0.5) is 5.13 Å². The van der Waals surface area contributed by atoms with Gasteiger partial charge in [-0.05, 0) is 92.5 Å². The minimum atomic E-state index is -0.765. The summed E-state index contributed by atoms with van der Waals surface area (Å²) in [5.41, 5.74) is 8.01. The van der Waals surface area contributed by atoms with Crippen molar-refractivity contribution < 1.29 is 14.7 Å². The Bertz CT molecular complexity index is 1590. The highest BCUT2D eigenvalue weighted by Gasteiger charge is 2.48. The van der Waals surface area contributed by atoms with Crippen LogP contribution in [0.15, 0.2) is 60.2 Å². The normalized spacial score (nSPS) is 19.0. The number of anilines is 1. The summed E-state index contributed by atoms with van der Waals surface area (Å²) in [7, 11) is 0. The van der Waals surface area contributed by atoms with Gasteiger partial charge in [0.05, 0.1) is 21.8 Å². The minimum Gasteiger partial charge on any atom is -0.507 e. The lowest BCUT2D eigenvalue weighted by atomic mass is 9.88. The summed E-state index contributed by atoms with van der Waals surface area (Å²) < 4.78 is 0.956. The average Bonchev–Trinajstić information content (AvgIpc) is 3.41. The first-order valence-electron chi connectivity index (χ1n) is 12.7. The molecule has 5 nitrogen and oxygen atoms in total. The summed E-state index contributed by atoms with van der Waals surface area (Å²) >= 11 is 1.39. The van der Waals surface area contributed by atoms with Crippen molar-refractivity contribution >= 4 is 44.1 Å². The SMILES string of the molecule is Cc1cccc(C2/C(=C(\O)c3ccc4c(c3)CCCC4)C(=O)C(=O)N2c2nc3cc(C)c(C)cc3s2)c1. The number of carbonyl (C=O) groups is 2. The molecule has 186 valence electrons. The van der Waals surface area contributed by atoms with E-state index in [1.807, 2.05) is 69.3 Å². The van der Waals surface area contributed by atoms with E-state index in [2.05, 4.69) is 6.07 Å². The van der Waals surface area contributed by atoms with Gasteiger partial charge >= 0.3 is 5.91 Å². The molecule has 1 atom stereocenters. The van der Waals surface area contributed by atoms with Crippen molar-refractivity contribution in [2.24, 2.45) is 0 Å². The molecule has 1 amide bonds. The molecular formula is C31H28N2O3S. The molecule has 0 spiro atoms. The van der Waals surface area contributed by atoms with Gasteiger partial charge in [-0.3, -0.25) is 14.5 Å². The fraction of sp³-hybridized carbons (Fsp3) is 0.258. The second kappa shape index (κ2) is 8.96. The van der Waals surface area contributed by atoms with Crippen LogP contribution in [0.25, 0.3) is 16.0 Å². The predicted molar refractivity (Wildman–Crippen MR) is 148 cm³/mol. The first kappa shape index (κ1) is 23.6. The second-order valence-corrected chi connectivity index (χ2v) is 11.2. The zero-order valence-electron chi connectivity index (χ0n) is 21.2. The third-order valence-electron chi connectivity index (χ3n) is 7.62. The Morgan fingerprint density at radius 3 is 2.49 bits per heavy atom. The number of ketones is 1. The van der Waals surface area contributed by atoms with Gasteiger partial charge < -0.3 is 5.11 Å². The van der Waals surface area contributed by atoms with Crippen molar-refractivity contribution in [2.75, 3.05) is 4.90 Å². The van der Waals surface area contributed by atoms with Crippen LogP contribution in [0, 0.1) is 20.8 Å². The van der Waals surface area contributed by atoms with Crippen LogP contribution in [0.5, 0.6) is 0 Å². The van der Waals surface area contributed by atoms with Crippen LogP contribution in [0.2, 0.25) is 0 Å². The molecule has 1 aromatic heterocycles. The van der Waals surface area contributed by atoms with Crippen molar-refractivity contribution in [1.82, 2.24) is 4.98 Å². The van der Waals surface area contributed by atoms with Crippen LogP contribution in [0.1, 0.15) is 57.8 Å². The van der Waals surface area contributed by atoms with Gasteiger partial charge in [0.15, 0.2) is 5.13 Å². The van der Waals surface area contributed by atoms with E-state index in [0.29, 0.717) is 10.7 Å². The molecule has 1 aliphatic carbocycles. The number of Topliss-reactive ketones (excluding diaryl/α,β-unsaturated/α-hetero) is 1. The van der Waals surface area contributed by atoms with E-state index in [0.717, 1.165) is 58.2 Å². The molecule has 2 aliphatic rings. The highest BCUT2D eigenvalue weighted by atomic mass is 32.1. The fourth-order valence-corrected chi connectivity index (χ4v) is 6.56. The number of carbonyl (C=O) groups excluding carboxylic acids is 2. The summed E-state index contributed by atoms with van der Waals surface area (Å²) in [6.45, 7) is 6.06. The van der Waals surface area contributed by atoms with E-state index < -0.39 is 17.7 Å². The first-order valence-corrected chi connectivity index (χ1v) is 13.5. The minimum absolute atomic E-state index is 0.109. The van der Waals surface area contributed by atoms with Crippen molar-refractivity contribution in [3.05, 3.63) is 99.1 Å². The fourth-order valence-electron chi connectivity index (χ4n) is 5.49. The topological polar surface area (TPSA) is 70.5 Å². The summed E-state index contributed by atoms with van der Waals surface area (Å²) in [5, 5.41) is 12.0. The summed E-state index contributed by atoms with van der Waals surface area (Å²) in [6, 6.07) is 16.9. The van der Waals surface area contributed by atoms with Gasteiger partial charge in [0.2, 0.25) is 0 Å². The van der Waals surface area contributed by atoms with Gasteiger partial charge in [-0.2, -0.15) is 0 Å². The molecule has 0 radical (unpaired) electrons. The van der Waals surface area contributed by atoms with Gasteiger partial charge in [-0.1, -0.05) is 53.3 Å². The second-order valence-electron chi connectivity index (χ2n) is 10.2. The third kappa shape index (κ3) is 3.96. The molecular weight excluding hydrogens is 480 g/mol. The molecule has 0 bridgehead atoms. The molecule has 1 N–H and O–H groups in total. The molecule has 1 aliphatic heterocycles. The number of aromatic nitrogens is 1. The van der Waals surface area contributed by atoms with Gasteiger partial charge in [-0.15, -0.1) is 0 Å². The maximum atomic E-state index is 13.6. The maximum absolute atomic E-state index is 13.6. The predicted octanol–water partition coefficient (Wildman–Crippen LogP) is 6.73. The van der Waals surface area contributed by atoms with E-state index in [9.17, 15) is 14.7 Å². The van der Waals surface area contributed by atoms with Crippen LogP contribution >= 0.6 is 11.3 Å². The number of fused-ring (bicyclic) bond motifs is 2. The number of aliphatic hydroxyl groups excluding tert-OH is 1. The molecule has 0 saturated carbocycles. The molecule has 1 saturated heterocycles. The molecule has 2 heterocycles. The number of rotatable bonds is 3. The molecule has 6 heteroatoms. The smallest absolute Gasteiger partial charge is 0.301 e. The molecule has 4 aromatic rings. The quantitative estimate of drug-likeness (QED) is 0.189. The average molecular weight is 509 g/mol. The van der Waals surface area contributed by atoms with E-state index in [1.165, 1.54) is 27.4 Å². The first-order chi connectivity index (χ1) is 17.8. The largest absolute Gasteiger partial charge is 0.507 e. The standard InChI is InChI=1S/C31H28N2O3S/c1-17-7-6-10-22(13-17)27-26(28(34)23-12-11-20-8-4-5-9-21(20)16-23)29(35)30(36)33(27)31-32-24-14-18(2)19(3)15-25(24)37-31/h6-7,10-16,27,34H,4-5,8-9H2,1-3H3/b28-26+. The lowest BCUT2D eigenvalue weighted by molar-refractivity contribution is -0.132. The lowest BCUT2D eigenvalue weighted by Gasteiger charge is -2.23. The van der Waals surface area contributed by atoms with Crippen LogP contribution in [-0.4, -0.2) is 21.8 Å². The summed E-state index contributed by atoms with van der Waals surface area (Å²) in [5.74, 6) is -1.49.